The molecule has 1 aliphatic rings. The zero-order valence-corrected chi connectivity index (χ0v) is 11.6. The van der Waals surface area contributed by atoms with Crippen LogP contribution in [0.5, 0.6) is 0 Å². The number of aryl methyl sites for hydroxylation is 1. The van der Waals surface area contributed by atoms with Crippen LogP contribution in [0.2, 0.25) is 0 Å². The van der Waals surface area contributed by atoms with Gasteiger partial charge in [0.25, 0.3) is 0 Å². The van der Waals surface area contributed by atoms with Gasteiger partial charge in [0.2, 0.25) is 17.6 Å². The summed E-state index contributed by atoms with van der Waals surface area (Å²) in [5.74, 6) is 0.458. The summed E-state index contributed by atoms with van der Waals surface area (Å²) < 4.78 is 18.7. The van der Waals surface area contributed by atoms with E-state index in [-0.39, 0.29) is 11.7 Å². The van der Waals surface area contributed by atoms with Gasteiger partial charge in [-0.1, -0.05) is 17.3 Å². The lowest BCUT2D eigenvalue weighted by molar-refractivity contribution is -0.124. The third-order valence-corrected chi connectivity index (χ3v) is 3.37. The molecule has 0 unspecified atom stereocenters. The molecule has 2 aromatic rings. The van der Waals surface area contributed by atoms with Gasteiger partial charge in [0, 0.05) is 18.7 Å². The normalized spacial score (nSPS) is 16.0. The second-order valence-electron chi connectivity index (χ2n) is 5.04. The van der Waals surface area contributed by atoms with Crippen molar-refractivity contribution in [3.05, 3.63) is 35.5 Å². The van der Waals surface area contributed by atoms with Crippen LogP contribution in [0.4, 0.5) is 4.39 Å². The van der Waals surface area contributed by atoms with E-state index in [1.165, 1.54) is 6.07 Å². The van der Waals surface area contributed by atoms with Crippen molar-refractivity contribution in [1.82, 2.24) is 20.4 Å². The van der Waals surface area contributed by atoms with E-state index in [1.54, 1.807) is 19.1 Å². The summed E-state index contributed by atoms with van der Waals surface area (Å²) in [6, 6.07) is 4.81. The molecule has 0 radical (unpaired) electrons. The number of hydrogen-bond acceptors (Lipinski definition) is 5. The molecule has 1 saturated heterocycles. The van der Waals surface area contributed by atoms with Crippen molar-refractivity contribution >= 4 is 5.91 Å². The van der Waals surface area contributed by atoms with Gasteiger partial charge in [0.05, 0.1) is 13.1 Å². The number of piperazine rings is 1. The van der Waals surface area contributed by atoms with Crippen LogP contribution in [-0.2, 0) is 11.3 Å². The first kappa shape index (κ1) is 13.7. The van der Waals surface area contributed by atoms with Crippen molar-refractivity contribution in [3.8, 4) is 11.4 Å². The predicted molar refractivity (Wildman–Crippen MR) is 72.7 cm³/mol. The van der Waals surface area contributed by atoms with E-state index in [0.29, 0.717) is 42.5 Å². The number of rotatable bonds is 3. The molecule has 1 aromatic carbocycles. The molecule has 1 N–H and O–H groups in total. The smallest absolute Gasteiger partial charge is 0.241 e. The van der Waals surface area contributed by atoms with Gasteiger partial charge >= 0.3 is 0 Å². The van der Waals surface area contributed by atoms with Crippen LogP contribution in [0.1, 0.15) is 11.5 Å². The van der Waals surface area contributed by atoms with E-state index in [4.69, 9.17) is 4.52 Å². The average molecular weight is 290 g/mol. The number of carbonyl (C=O) groups is 1. The van der Waals surface area contributed by atoms with Crippen LogP contribution < -0.4 is 5.32 Å². The number of hydrogen-bond donors (Lipinski definition) is 1. The molecule has 0 bridgehead atoms. The van der Waals surface area contributed by atoms with E-state index in [0.717, 1.165) is 6.54 Å². The van der Waals surface area contributed by atoms with Crippen molar-refractivity contribution in [3.63, 3.8) is 0 Å². The lowest BCUT2D eigenvalue weighted by Crippen LogP contribution is -2.47. The third-order valence-electron chi connectivity index (χ3n) is 3.37. The van der Waals surface area contributed by atoms with Crippen LogP contribution in [0.3, 0.4) is 0 Å². The predicted octanol–water partition coefficient (Wildman–Crippen LogP) is 1.12. The van der Waals surface area contributed by atoms with E-state index in [9.17, 15) is 9.18 Å². The number of amides is 1. The molecule has 3 rings (SSSR count). The van der Waals surface area contributed by atoms with Crippen LogP contribution in [-0.4, -0.2) is 40.6 Å². The van der Waals surface area contributed by atoms with Crippen LogP contribution in [0, 0.1) is 12.7 Å². The van der Waals surface area contributed by atoms with Gasteiger partial charge in [-0.3, -0.25) is 9.69 Å². The second kappa shape index (κ2) is 5.61. The summed E-state index contributed by atoms with van der Waals surface area (Å²) in [7, 11) is 0. The number of aromatic nitrogens is 2. The van der Waals surface area contributed by atoms with Crippen molar-refractivity contribution in [2.75, 3.05) is 19.6 Å². The first-order valence-electron chi connectivity index (χ1n) is 6.70. The SMILES string of the molecule is Cc1ccc(-c2noc(CN3CCNC(=O)C3)n2)cc1F. The number of carbonyl (C=O) groups excluding carboxylic acids is 1. The Hall–Kier alpha value is -2.28. The number of benzene rings is 1. The minimum Gasteiger partial charge on any atom is -0.354 e. The van der Waals surface area contributed by atoms with Crippen molar-refractivity contribution < 1.29 is 13.7 Å². The van der Waals surface area contributed by atoms with E-state index >= 15 is 0 Å². The van der Waals surface area contributed by atoms with Crippen molar-refractivity contribution in [2.45, 2.75) is 13.5 Å². The fourth-order valence-electron chi connectivity index (χ4n) is 2.19. The Bertz CT molecular complexity index is 671. The molecule has 0 spiro atoms. The Balaban J connectivity index is 1.73. The third kappa shape index (κ3) is 3.08. The Labute approximate surface area is 120 Å². The molecule has 1 amide bonds. The quantitative estimate of drug-likeness (QED) is 0.917. The molecule has 7 heteroatoms. The Kier molecular flexibility index (Phi) is 3.66. The lowest BCUT2D eigenvalue weighted by Gasteiger charge is -2.24. The molecule has 0 aliphatic carbocycles. The van der Waals surface area contributed by atoms with Gasteiger partial charge in [0.15, 0.2) is 0 Å². The lowest BCUT2D eigenvalue weighted by atomic mass is 10.1. The van der Waals surface area contributed by atoms with Crippen LogP contribution in [0.15, 0.2) is 22.7 Å². The summed E-state index contributed by atoms with van der Waals surface area (Å²) in [5.41, 5.74) is 1.14. The van der Waals surface area contributed by atoms with Crippen molar-refractivity contribution in [2.24, 2.45) is 0 Å². The van der Waals surface area contributed by atoms with E-state index < -0.39 is 0 Å². The van der Waals surface area contributed by atoms with Crippen LogP contribution in [0.25, 0.3) is 11.4 Å². The summed E-state index contributed by atoms with van der Waals surface area (Å²) in [4.78, 5) is 17.5. The molecule has 1 aliphatic heterocycles. The van der Waals surface area contributed by atoms with Gasteiger partial charge in [-0.2, -0.15) is 4.98 Å². The van der Waals surface area contributed by atoms with Gasteiger partial charge in [-0.15, -0.1) is 0 Å². The highest BCUT2D eigenvalue weighted by Gasteiger charge is 2.19. The summed E-state index contributed by atoms with van der Waals surface area (Å²) in [5, 5.41) is 6.61. The van der Waals surface area contributed by atoms with Gasteiger partial charge in [-0.25, -0.2) is 4.39 Å². The molecular weight excluding hydrogens is 275 g/mol. The maximum absolute atomic E-state index is 13.5. The molecule has 0 saturated carbocycles. The maximum Gasteiger partial charge on any atom is 0.241 e. The Morgan fingerprint density at radius 3 is 3.10 bits per heavy atom. The maximum atomic E-state index is 13.5. The second-order valence-corrected chi connectivity index (χ2v) is 5.04. The van der Waals surface area contributed by atoms with Gasteiger partial charge in [0.1, 0.15) is 5.82 Å². The Morgan fingerprint density at radius 2 is 2.33 bits per heavy atom. The summed E-state index contributed by atoms with van der Waals surface area (Å²) in [6.07, 6.45) is 0. The minimum absolute atomic E-state index is 0.0124. The van der Waals surface area contributed by atoms with Gasteiger partial charge in [-0.05, 0) is 18.6 Å². The molecular formula is C14H15FN4O2. The topological polar surface area (TPSA) is 71.3 Å². The molecule has 21 heavy (non-hydrogen) atoms. The highest BCUT2D eigenvalue weighted by atomic mass is 19.1. The largest absolute Gasteiger partial charge is 0.354 e. The molecule has 1 fully saturated rings. The summed E-state index contributed by atoms with van der Waals surface area (Å²) >= 11 is 0. The van der Waals surface area contributed by atoms with E-state index in [1.807, 2.05) is 4.90 Å². The number of nitrogens with zero attached hydrogens (tertiary/aromatic N) is 3. The van der Waals surface area contributed by atoms with Crippen LogP contribution >= 0.6 is 0 Å². The van der Waals surface area contributed by atoms with Gasteiger partial charge < -0.3 is 9.84 Å². The fourth-order valence-corrected chi connectivity index (χ4v) is 2.19. The molecule has 0 atom stereocenters. The van der Waals surface area contributed by atoms with Crippen molar-refractivity contribution in [1.29, 1.82) is 0 Å². The Morgan fingerprint density at radius 1 is 1.48 bits per heavy atom. The zero-order chi connectivity index (χ0) is 14.8. The monoisotopic (exact) mass is 290 g/mol. The first-order valence-corrected chi connectivity index (χ1v) is 6.70. The minimum atomic E-state index is -0.299. The first-order chi connectivity index (χ1) is 10.1. The molecule has 2 heterocycles. The number of halogens is 1. The average Bonchev–Trinajstić information content (AvgIpc) is 2.90. The van der Waals surface area contributed by atoms with E-state index in [2.05, 4.69) is 15.5 Å². The molecule has 6 nitrogen and oxygen atoms in total. The fraction of sp³-hybridized carbons (Fsp3) is 0.357. The molecule has 1 aromatic heterocycles. The standard InChI is InChI=1S/C14H15FN4O2/c1-9-2-3-10(6-11(9)15)14-17-13(21-18-14)8-19-5-4-16-12(20)7-19/h2-3,6H,4-5,7-8H2,1H3,(H,16,20). The zero-order valence-electron chi connectivity index (χ0n) is 11.6. The highest BCUT2D eigenvalue weighted by molar-refractivity contribution is 5.78. The summed E-state index contributed by atoms with van der Waals surface area (Å²) in [6.45, 7) is 3.78. The highest BCUT2D eigenvalue weighted by Crippen LogP contribution is 2.19. The number of nitrogens with one attached hydrogen (secondary N) is 1. The molecule has 110 valence electrons.